The smallest absolute Gasteiger partial charge is 0.321 e. The summed E-state index contributed by atoms with van der Waals surface area (Å²) < 4.78 is 0. The zero-order chi connectivity index (χ0) is 35.0. The van der Waals surface area contributed by atoms with Gasteiger partial charge in [0, 0.05) is 19.5 Å². The van der Waals surface area contributed by atoms with Gasteiger partial charge in [-0.05, 0) is 129 Å². The van der Waals surface area contributed by atoms with Crippen molar-refractivity contribution in [1.29, 1.82) is 0 Å². The van der Waals surface area contributed by atoms with Crippen LogP contribution in [0.3, 0.4) is 0 Å². The van der Waals surface area contributed by atoms with Crippen LogP contribution in [0.4, 0.5) is 0 Å². The summed E-state index contributed by atoms with van der Waals surface area (Å²) in [6.45, 7) is 8.86. The SMILES string of the molecule is Cc1cc(O)cc(C)c1C[C@H](NCCCCCCNC(=O)[C@@H]1Cc2ccccc2CN1C(=O)[C@@H](N)Cc1c(C)cc(O)cc1C)C(=O)O. The molecular formula is C38H50N4O6. The Balaban J connectivity index is 1.26. The van der Waals surface area contributed by atoms with Crippen LogP contribution in [0.2, 0.25) is 0 Å². The predicted molar refractivity (Wildman–Crippen MR) is 186 cm³/mol. The molecule has 10 heteroatoms. The molecule has 1 aliphatic rings. The molecule has 0 aliphatic carbocycles. The van der Waals surface area contributed by atoms with Gasteiger partial charge in [-0.1, -0.05) is 37.1 Å². The van der Waals surface area contributed by atoms with Crippen LogP contribution >= 0.6 is 0 Å². The monoisotopic (exact) mass is 658 g/mol. The van der Waals surface area contributed by atoms with Crippen LogP contribution in [-0.2, 0) is 40.2 Å². The minimum atomic E-state index is -0.908. The van der Waals surface area contributed by atoms with E-state index in [4.69, 9.17) is 5.73 Å². The molecule has 0 saturated carbocycles. The number of fused-ring (bicyclic) bond motifs is 1. The van der Waals surface area contributed by atoms with Crippen LogP contribution in [0.25, 0.3) is 0 Å². The minimum absolute atomic E-state index is 0.175. The lowest BCUT2D eigenvalue weighted by Crippen LogP contribution is -2.56. The lowest BCUT2D eigenvalue weighted by molar-refractivity contribution is -0.142. The first-order valence-corrected chi connectivity index (χ1v) is 16.8. The normalized spacial score (nSPS) is 15.4. The summed E-state index contributed by atoms with van der Waals surface area (Å²) in [5.41, 5.74) is 13.8. The third-order valence-corrected chi connectivity index (χ3v) is 9.44. The number of hydrogen-bond donors (Lipinski definition) is 6. The molecular weight excluding hydrogens is 608 g/mol. The maximum absolute atomic E-state index is 13.8. The van der Waals surface area contributed by atoms with Crippen molar-refractivity contribution in [3.63, 3.8) is 0 Å². The number of carbonyl (C=O) groups excluding carboxylic acids is 2. The van der Waals surface area contributed by atoms with Gasteiger partial charge in [-0.2, -0.15) is 0 Å². The molecule has 4 rings (SSSR count). The molecule has 1 heterocycles. The number of nitrogens with zero attached hydrogens (tertiary/aromatic N) is 1. The largest absolute Gasteiger partial charge is 0.508 e. The van der Waals surface area contributed by atoms with Gasteiger partial charge in [-0.15, -0.1) is 0 Å². The number of hydrogen-bond acceptors (Lipinski definition) is 7. The van der Waals surface area contributed by atoms with E-state index in [2.05, 4.69) is 10.6 Å². The Morgan fingerprint density at radius 2 is 1.33 bits per heavy atom. The summed E-state index contributed by atoms with van der Waals surface area (Å²) in [6, 6.07) is 12.3. The number of aliphatic carboxylic acids is 1. The minimum Gasteiger partial charge on any atom is -0.508 e. The Kier molecular flexibility index (Phi) is 12.6. The topological polar surface area (TPSA) is 165 Å². The van der Waals surface area contributed by atoms with Gasteiger partial charge in [0.15, 0.2) is 0 Å². The fourth-order valence-corrected chi connectivity index (χ4v) is 6.75. The number of rotatable bonds is 15. The Labute approximate surface area is 283 Å². The second-order valence-electron chi connectivity index (χ2n) is 13.1. The number of aromatic hydroxyl groups is 2. The summed E-state index contributed by atoms with van der Waals surface area (Å²) in [7, 11) is 0. The van der Waals surface area contributed by atoms with E-state index in [0.717, 1.165) is 70.2 Å². The zero-order valence-corrected chi connectivity index (χ0v) is 28.5. The fourth-order valence-electron chi connectivity index (χ4n) is 6.75. The first kappa shape index (κ1) is 36.4. The molecule has 3 aromatic rings. The standard InChI is InChI=1S/C38H50N4O6/c1-23-15-29(43)16-24(2)31(23)20-33(39)37(46)42-22-28-12-8-7-11-27(28)19-35(42)36(45)41-14-10-6-5-9-13-40-34(38(47)48)21-32-25(3)17-30(44)18-26(32)4/h7-8,11-12,15-18,33-35,40,43-44H,5-6,9-10,13-14,19-22,39H2,1-4H3,(H,41,45)(H,47,48)/t33-,34-,35-/m0/s1. The molecule has 0 saturated heterocycles. The summed E-state index contributed by atoms with van der Waals surface area (Å²) in [5, 5.41) is 35.7. The molecule has 3 aromatic carbocycles. The van der Waals surface area contributed by atoms with Crippen molar-refractivity contribution in [3.8, 4) is 11.5 Å². The number of carbonyl (C=O) groups is 3. The number of carboxylic acids is 1. The van der Waals surface area contributed by atoms with E-state index in [1.54, 1.807) is 29.2 Å². The number of benzene rings is 3. The van der Waals surface area contributed by atoms with Crippen molar-refractivity contribution in [2.24, 2.45) is 5.73 Å². The quantitative estimate of drug-likeness (QED) is 0.133. The highest BCUT2D eigenvalue weighted by Crippen LogP contribution is 2.27. The number of phenolic OH excluding ortho intramolecular Hbond substituents is 2. The lowest BCUT2D eigenvalue weighted by atomic mass is 9.91. The van der Waals surface area contributed by atoms with Crippen molar-refractivity contribution < 1.29 is 29.7 Å². The maximum Gasteiger partial charge on any atom is 0.321 e. The third kappa shape index (κ3) is 9.35. The lowest BCUT2D eigenvalue weighted by Gasteiger charge is -2.37. The first-order chi connectivity index (χ1) is 22.8. The molecule has 2 amide bonds. The van der Waals surface area contributed by atoms with E-state index >= 15 is 0 Å². The van der Waals surface area contributed by atoms with Crippen molar-refractivity contribution >= 4 is 17.8 Å². The predicted octanol–water partition coefficient (Wildman–Crippen LogP) is 4.12. The Bertz CT molecular complexity index is 1580. The zero-order valence-electron chi connectivity index (χ0n) is 28.5. The molecule has 0 radical (unpaired) electrons. The third-order valence-electron chi connectivity index (χ3n) is 9.44. The van der Waals surface area contributed by atoms with Crippen LogP contribution in [0.15, 0.2) is 48.5 Å². The molecule has 0 spiro atoms. The highest BCUT2D eigenvalue weighted by atomic mass is 16.4. The van der Waals surface area contributed by atoms with E-state index in [1.807, 2.05) is 52.0 Å². The highest BCUT2D eigenvalue weighted by Gasteiger charge is 2.36. The summed E-state index contributed by atoms with van der Waals surface area (Å²) in [4.78, 5) is 40.7. The first-order valence-electron chi connectivity index (χ1n) is 16.8. The van der Waals surface area contributed by atoms with E-state index in [-0.39, 0.29) is 23.3 Å². The summed E-state index contributed by atoms with van der Waals surface area (Å²) in [5.74, 6) is -1.04. The van der Waals surface area contributed by atoms with Gasteiger partial charge in [-0.25, -0.2) is 0 Å². The van der Waals surface area contributed by atoms with Crippen LogP contribution in [0.5, 0.6) is 11.5 Å². The van der Waals surface area contributed by atoms with E-state index in [1.165, 1.54) is 0 Å². The van der Waals surface area contributed by atoms with Gasteiger partial charge in [0.1, 0.15) is 23.6 Å². The molecule has 3 atom stereocenters. The van der Waals surface area contributed by atoms with Gasteiger partial charge in [-0.3, -0.25) is 14.4 Å². The fraction of sp³-hybridized carbons (Fsp3) is 0.447. The molecule has 1 aliphatic heterocycles. The average molecular weight is 659 g/mol. The van der Waals surface area contributed by atoms with Crippen LogP contribution < -0.4 is 16.4 Å². The van der Waals surface area contributed by atoms with E-state index in [0.29, 0.717) is 38.9 Å². The Hall–Kier alpha value is -4.41. The Morgan fingerprint density at radius 3 is 1.90 bits per heavy atom. The van der Waals surface area contributed by atoms with Crippen molar-refractivity contribution in [2.45, 2.75) is 97.3 Å². The highest BCUT2D eigenvalue weighted by molar-refractivity contribution is 5.90. The second-order valence-corrected chi connectivity index (χ2v) is 13.1. The average Bonchev–Trinajstić information content (AvgIpc) is 3.03. The van der Waals surface area contributed by atoms with Gasteiger partial charge < -0.3 is 36.6 Å². The second kappa shape index (κ2) is 16.6. The van der Waals surface area contributed by atoms with Crippen LogP contribution in [0, 0.1) is 27.7 Å². The molecule has 48 heavy (non-hydrogen) atoms. The van der Waals surface area contributed by atoms with Gasteiger partial charge in [0.05, 0.1) is 6.04 Å². The molecule has 0 unspecified atom stereocenters. The number of amides is 2. The van der Waals surface area contributed by atoms with Gasteiger partial charge in [0.25, 0.3) is 0 Å². The molecule has 7 N–H and O–H groups in total. The molecule has 0 bridgehead atoms. The number of carboxylic acid groups (broad SMARTS) is 1. The number of unbranched alkanes of at least 4 members (excludes halogenated alkanes) is 3. The number of aryl methyl sites for hydroxylation is 4. The van der Waals surface area contributed by atoms with Crippen molar-refractivity contribution in [3.05, 3.63) is 93.0 Å². The molecule has 0 aromatic heterocycles. The van der Waals surface area contributed by atoms with Crippen molar-refractivity contribution in [2.75, 3.05) is 13.1 Å². The molecule has 0 fully saturated rings. The molecule has 258 valence electrons. The van der Waals surface area contributed by atoms with Crippen LogP contribution in [-0.4, -0.2) is 69.2 Å². The summed E-state index contributed by atoms with van der Waals surface area (Å²) in [6.07, 6.45) is 4.35. The van der Waals surface area contributed by atoms with Crippen molar-refractivity contribution in [1.82, 2.24) is 15.5 Å². The van der Waals surface area contributed by atoms with E-state index < -0.39 is 24.1 Å². The van der Waals surface area contributed by atoms with Crippen LogP contribution in [0.1, 0.15) is 70.2 Å². The number of nitrogens with one attached hydrogen (secondary N) is 2. The number of phenols is 2. The van der Waals surface area contributed by atoms with Gasteiger partial charge in [0.2, 0.25) is 11.8 Å². The van der Waals surface area contributed by atoms with Gasteiger partial charge >= 0.3 is 5.97 Å². The molecule has 10 nitrogen and oxygen atoms in total. The number of nitrogens with two attached hydrogens (primary N) is 1. The maximum atomic E-state index is 13.8. The Morgan fingerprint density at radius 1 is 0.812 bits per heavy atom. The summed E-state index contributed by atoms with van der Waals surface area (Å²) >= 11 is 0. The van der Waals surface area contributed by atoms with E-state index in [9.17, 15) is 29.7 Å².